The molecule has 3 aromatic rings. The molecule has 23 heavy (non-hydrogen) atoms. The van der Waals surface area contributed by atoms with Crippen LogP contribution in [0.1, 0.15) is 25.0 Å². The van der Waals surface area contributed by atoms with E-state index in [4.69, 9.17) is 4.42 Å². The van der Waals surface area contributed by atoms with Crippen molar-refractivity contribution in [3.8, 4) is 0 Å². The Hall–Kier alpha value is -2.39. The molecule has 0 amide bonds. The Labute approximate surface area is 137 Å². The van der Waals surface area contributed by atoms with Crippen LogP contribution in [0.5, 0.6) is 0 Å². The van der Waals surface area contributed by atoms with Crippen LogP contribution in [0.25, 0.3) is 10.8 Å². The maximum atomic E-state index is 5.25. The average molecular weight is 306 g/mol. The molecular formula is C20H22N2O. The molecule has 0 bridgehead atoms. The van der Waals surface area contributed by atoms with E-state index in [0.29, 0.717) is 0 Å². The number of fused-ring (bicyclic) bond motifs is 1. The largest absolute Gasteiger partial charge is 0.471 e. The molecule has 0 aliphatic rings. The molecule has 118 valence electrons. The average Bonchev–Trinajstić information content (AvgIpc) is 3.08. The van der Waals surface area contributed by atoms with Gasteiger partial charge in [0.25, 0.3) is 0 Å². The van der Waals surface area contributed by atoms with Crippen molar-refractivity contribution in [2.45, 2.75) is 20.4 Å². The van der Waals surface area contributed by atoms with E-state index in [9.17, 15) is 0 Å². The van der Waals surface area contributed by atoms with Crippen LogP contribution in [0.2, 0.25) is 0 Å². The fraction of sp³-hybridized carbons (Fsp3) is 0.250. The van der Waals surface area contributed by atoms with Crippen LogP contribution in [-0.2, 0) is 6.54 Å². The minimum absolute atomic E-state index is 0.934. The van der Waals surface area contributed by atoms with Crippen molar-refractivity contribution in [3.05, 3.63) is 66.1 Å². The lowest BCUT2D eigenvalue weighted by molar-refractivity contribution is 0.296. The molecule has 2 aromatic carbocycles. The molecule has 0 radical (unpaired) electrons. The van der Waals surface area contributed by atoms with Crippen molar-refractivity contribution in [1.29, 1.82) is 0 Å². The summed E-state index contributed by atoms with van der Waals surface area (Å²) in [4.78, 5) is 7.01. The van der Waals surface area contributed by atoms with Crippen LogP contribution in [-0.4, -0.2) is 24.2 Å². The van der Waals surface area contributed by atoms with Crippen molar-refractivity contribution >= 4 is 22.7 Å². The second-order valence-corrected chi connectivity index (χ2v) is 5.61. The maximum absolute atomic E-state index is 5.25. The van der Waals surface area contributed by atoms with Crippen molar-refractivity contribution in [1.82, 2.24) is 4.90 Å². The maximum Gasteiger partial charge on any atom is 0.100 e. The summed E-state index contributed by atoms with van der Waals surface area (Å²) >= 11 is 0. The van der Waals surface area contributed by atoms with Crippen LogP contribution >= 0.6 is 0 Å². The first-order chi connectivity index (χ1) is 11.3. The van der Waals surface area contributed by atoms with E-state index in [1.54, 1.807) is 12.5 Å². The molecular weight excluding hydrogens is 284 g/mol. The number of hydrogen-bond acceptors (Lipinski definition) is 3. The van der Waals surface area contributed by atoms with Crippen LogP contribution < -0.4 is 0 Å². The molecule has 0 atom stereocenters. The highest BCUT2D eigenvalue weighted by atomic mass is 16.3. The molecule has 3 heteroatoms. The quantitative estimate of drug-likeness (QED) is 0.598. The van der Waals surface area contributed by atoms with Gasteiger partial charge >= 0.3 is 0 Å². The van der Waals surface area contributed by atoms with E-state index in [2.05, 4.69) is 48.0 Å². The summed E-state index contributed by atoms with van der Waals surface area (Å²) in [6.45, 7) is 7.55. The Balaban J connectivity index is 1.74. The molecule has 0 aliphatic carbocycles. The van der Waals surface area contributed by atoms with E-state index in [1.165, 1.54) is 5.56 Å². The van der Waals surface area contributed by atoms with Crippen molar-refractivity contribution in [2.24, 2.45) is 4.99 Å². The lowest BCUT2D eigenvalue weighted by atomic mass is 10.1. The normalized spacial score (nSPS) is 11.8. The first-order valence-electron chi connectivity index (χ1n) is 8.10. The third-order valence-corrected chi connectivity index (χ3v) is 4.13. The monoisotopic (exact) mass is 306 g/mol. The van der Waals surface area contributed by atoms with Gasteiger partial charge in [-0.25, -0.2) is 0 Å². The summed E-state index contributed by atoms with van der Waals surface area (Å²) in [5.41, 5.74) is 3.38. The van der Waals surface area contributed by atoms with Crippen molar-refractivity contribution in [2.75, 3.05) is 13.1 Å². The molecule has 0 saturated heterocycles. The number of aliphatic imine (C=N–C) groups is 1. The molecule has 0 saturated carbocycles. The van der Waals surface area contributed by atoms with Gasteiger partial charge < -0.3 is 4.42 Å². The Morgan fingerprint density at radius 3 is 2.52 bits per heavy atom. The Morgan fingerprint density at radius 1 is 1.00 bits per heavy atom. The zero-order valence-electron chi connectivity index (χ0n) is 13.7. The highest BCUT2D eigenvalue weighted by Crippen LogP contribution is 2.26. The Morgan fingerprint density at radius 2 is 1.78 bits per heavy atom. The Bertz CT molecular complexity index is 783. The summed E-state index contributed by atoms with van der Waals surface area (Å²) in [5.74, 6) is 0. The van der Waals surface area contributed by atoms with Crippen LogP contribution in [0.4, 0.5) is 5.69 Å². The fourth-order valence-corrected chi connectivity index (χ4v) is 2.65. The molecule has 0 fully saturated rings. The minimum Gasteiger partial charge on any atom is -0.471 e. The Kier molecular flexibility index (Phi) is 4.89. The first kappa shape index (κ1) is 15.5. The van der Waals surface area contributed by atoms with Gasteiger partial charge in [0, 0.05) is 23.5 Å². The molecule has 3 rings (SSSR count). The van der Waals surface area contributed by atoms with Crippen LogP contribution in [0.3, 0.4) is 0 Å². The van der Waals surface area contributed by atoms with E-state index in [1.807, 2.05) is 24.4 Å². The number of benzene rings is 2. The van der Waals surface area contributed by atoms with Gasteiger partial charge in [-0.15, -0.1) is 0 Å². The number of furan rings is 1. The number of nitrogens with zero attached hydrogens (tertiary/aromatic N) is 2. The van der Waals surface area contributed by atoms with Gasteiger partial charge in [0.2, 0.25) is 0 Å². The van der Waals surface area contributed by atoms with Crippen LogP contribution in [0.15, 0.2) is 64.4 Å². The van der Waals surface area contributed by atoms with Gasteiger partial charge in [-0.2, -0.15) is 0 Å². The molecule has 1 heterocycles. The number of hydrogen-bond donors (Lipinski definition) is 0. The van der Waals surface area contributed by atoms with E-state index in [-0.39, 0.29) is 0 Å². The zero-order chi connectivity index (χ0) is 16.1. The van der Waals surface area contributed by atoms with Gasteiger partial charge in [0.1, 0.15) is 6.26 Å². The smallest absolute Gasteiger partial charge is 0.100 e. The van der Waals surface area contributed by atoms with E-state index >= 15 is 0 Å². The number of rotatable bonds is 6. The van der Waals surface area contributed by atoms with Gasteiger partial charge in [0.05, 0.1) is 12.0 Å². The summed E-state index contributed by atoms with van der Waals surface area (Å²) in [6.07, 6.45) is 5.40. The van der Waals surface area contributed by atoms with E-state index < -0.39 is 0 Å². The topological polar surface area (TPSA) is 28.7 Å². The molecule has 1 aromatic heterocycles. The summed E-state index contributed by atoms with van der Waals surface area (Å²) in [7, 11) is 0. The lowest BCUT2D eigenvalue weighted by Crippen LogP contribution is -2.21. The highest BCUT2D eigenvalue weighted by Gasteiger charge is 2.02. The molecule has 0 N–H and O–H groups in total. The van der Waals surface area contributed by atoms with Crippen molar-refractivity contribution in [3.63, 3.8) is 0 Å². The van der Waals surface area contributed by atoms with Gasteiger partial charge in [-0.05, 0) is 30.3 Å². The molecule has 0 unspecified atom stereocenters. The predicted octanol–water partition coefficient (Wildman–Crippen LogP) is 5.03. The second kappa shape index (κ2) is 7.25. The summed E-state index contributed by atoms with van der Waals surface area (Å²) in [6, 6.07) is 14.6. The summed E-state index contributed by atoms with van der Waals surface area (Å²) in [5, 5.41) is 2.12. The summed E-state index contributed by atoms with van der Waals surface area (Å²) < 4.78 is 5.25. The van der Waals surface area contributed by atoms with Gasteiger partial charge in [0.15, 0.2) is 0 Å². The highest BCUT2D eigenvalue weighted by molar-refractivity contribution is 5.94. The predicted molar refractivity (Wildman–Crippen MR) is 96.5 cm³/mol. The fourth-order valence-electron chi connectivity index (χ4n) is 2.65. The standard InChI is InChI=1S/C20H22N2O/c1-3-22(4-2)13-17-10-8-16(9-11-17)12-21-20-7-5-6-18-14-23-15-19(18)20/h5-12,14-15H,3-4,13H2,1-2H3/b21-12+. The third kappa shape index (κ3) is 3.69. The molecule has 0 aliphatic heterocycles. The van der Waals surface area contributed by atoms with Gasteiger partial charge in [-0.3, -0.25) is 9.89 Å². The third-order valence-electron chi connectivity index (χ3n) is 4.13. The lowest BCUT2D eigenvalue weighted by Gasteiger charge is -2.17. The van der Waals surface area contributed by atoms with Crippen molar-refractivity contribution < 1.29 is 4.42 Å². The van der Waals surface area contributed by atoms with Crippen LogP contribution in [0, 0.1) is 0 Å². The zero-order valence-corrected chi connectivity index (χ0v) is 13.7. The van der Waals surface area contributed by atoms with Gasteiger partial charge in [-0.1, -0.05) is 50.2 Å². The second-order valence-electron chi connectivity index (χ2n) is 5.61. The molecule has 0 spiro atoms. The minimum atomic E-state index is 0.934. The first-order valence-corrected chi connectivity index (χ1v) is 8.10. The molecule has 3 nitrogen and oxygen atoms in total. The SMILES string of the molecule is CCN(CC)Cc1ccc(/C=N/c2cccc3cocc23)cc1. The van der Waals surface area contributed by atoms with E-state index in [0.717, 1.165) is 41.7 Å².